The minimum Gasteiger partial charge on any atom is -0.496 e. The SMILES string of the molecule is COc1ccccc1/C=C(/NC(=O)c1ccccc1)C(=O)NNC(=O)c1ccccc1. The number of hydrogen-bond donors (Lipinski definition) is 3. The summed E-state index contributed by atoms with van der Waals surface area (Å²) in [6.45, 7) is 0. The second-order valence-electron chi connectivity index (χ2n) is 6.39. The van der Waals surface area contributed by atoms with Gasteiger partial charge in [0.1, 0.15) is 11.4 Å². The molecule has 0 heterocycles. The van der Waals surface area contributed by atoms with Crippen molar-refractivity contribution in [3.05, 3.63) is 107 Å². The summed E-state index contributed by atoms with van der Waals surface area (Å²) in [6, 6.07) is 24.0. The molecule has 0 saturated carbocycles. The molecule has 7 heteroatoms. The van der Waals surface area contributed by atoms with Gasteiger partial charge in [0.25, 0.3) is 17.7 Å². The number of hydrogen-bond acceptors (Lipinski definition) is 4. The quantitative estimate of drug-likeness (QED) is 0.426. The maximum atomic E-state index is 12.8. The van der Waals surface area contributed by atoms with Crippen molar-refractivity contribution in [2.75, 3.05) is 7.11 Å². The number of methoxy groups -OCH3 is 1. The van der Waals surface area contributed by atoms with E-state index in [0.29, 0.717) is 22.4 Å². The molecule has 156 valence electrons. The summed E-state index contributed by atoms with van der Waals surface area (Å²) in [5, 5.41) is 2.60. The van der Waals surface area contributed by atoms with Gasteiger partial charge in [0.2, 0.25) is 0 Å². The van der Waals surface area contributed by atoms with Crippen LogP contribution in [0.5, 0.6) is 5.75 Å². The van der Waals surface area contributed by atoms with E-state index in [0.717, 1.165) is 0 Å². The van der Waals surface area contributed by atoms with Gasteiger partial charge in [-0.15, -0.1) is 0 Å². The Kier molecular flexibility index (Phi) is 7.16. The maximum absolute atomic E-state index is 12.8. The van der Waals surface area contributed by atoms with Gasteiger partial charge in [0, 0.05) is 16.7 Å². The summed E-state index contributed by atoms with van der Waals surface area (Å²) in [7, 11) is 1.51. The summed E-state index contributed by atoms with van der Waals surface area (Å²) in [5.74, 6) is -1.12. The molecule has 0 unspecified atom stereocenters. The van der Waals surface area contributed by atoms with Crippen molar-refractivity contribution >= 4 is 23.8 Å². The van der Waals surface area contributed by atoms with E-state index in [9.17, 15) is 14.4 Å². The summed E-state index contributed by atoms with van der Waals surface area (Å²) in [6.07, 6.45) is 1.48. The topological polar surface area (TPSA) is 96.5 Å². The summed E-state index contributed by atoms with van der Waals surface area (Å²) in [4.78, 5) is 37.6. The molecule has 0 aromatic heterocycles. The van der Waals surface area contributed by atoms with E-state index in [4.69, 9.17) is 4.74 Å². The first-order chi connectivity index (χ1) is 15.1. The molecule has 0 bridgehead atoms. The molecule has 0 aliphatic rings. The first kappa shape index (κ1) is 21.3. The Morgan fingerprint density at radius 3 is 1.87 bits per heavy atom. The monoisotopic (exact) mass is 415 g/mol. The van der Waals surface area contributed by atoms with E-state index in [1.807, 2.05) is 0 Å². The molecule has 3 N–H and O–H groups in total. The summed E-state index contributed by atoms with van der Waals surface area (Å²) >= 11 is 0. The van der Waals surface area contributed by atoms with E-state index in [2.05, 4.69) is 16.2 Å². The van der Waals surface area contributed by atoms with E-state index in [1.165, 1.54) is 13.2 Å². The number of carbonyl (C=O) groups is 3. The zero-order chi connectivity index (χ0) is 22.1. The molecule has 0 atom stereocenters. The van der Waals surface area contributed by atoms with Crippen molar-refractivity contribution in [2.24, 2.45) is 0 Å². The van der Waals surface area contributed by atoms with Crippen LogP contribution in [-0.4, -0.2) is 24.8 Å². The predicted molar refractivity (Wildman–Crippen MR) is 117 cm³/mol. The smallest absolute Gasteiger partial charge is 0.286 e. The zero-order valence-electron chi connectivity index (χ0n) is 16.8. The van der Waals surface area contributed by atoms with E-state index in [1.54, 1.807) is 84.9 Å². The third kappa shape index (κ3) is 5.80. The average Bonchev–Trinajstić information content (AvgIpc) is 2.83. The zero-order valence-corrected chi connectivity index (χ0v) is 16.8. The number of hydrazine groups is 1. The van der Waals surface area contributed by atoms with Crippen LogP contribution in [0.3, 0.4) is 0 Å². The molecule has 31 heavy (non-hydrogen) atoms. The fraction of sp³-hybridized carbons (Fsp3) is 0.0417. The maximum Gasteiger partial charge on any atom is 0.286 e. The normalized spacial score (nSPS) is 10.7. The first-order valence-electron chi connectivity index (χ1n) is 9.45. The molecule has 3 rings (SSSR count). The summed E-state index contributed by atoms with van der Waals surface area (Å²) in [5.41, 5.74) is 5.96. The van der Waals surface area contributed by atoms with E-state index >= 15 is 0 Å². The Balaban J connectivity index is 1.82. The highest BCUT2D eigenvalue weighted by Gasteiger charge is 2.16. The molecule has 0 radical (unpaired) electrons. The molecule has 3 aromatic rings. The lowest BCUT2D eigenvalue weighted by Gasteiger charge is -2.13. The molecular formula is C24H21N3O4. The second-order valence-corrected chi connectivity index (χ2v) is 6.39. The van der Waals surface area contributed by atoms with Gasteiger partial charge in [0.05, 0.1) is 7.11 Å². The number of para-hydroxylation sites is 1. The Morgan fingerprint density at radius 2 is 1.26 bits per heavy atom. The Hall–Kier alpha value is -4.39. The third-order valence-corrected chi connectivity index (χ3v) is 4.29. The number of ether oxygens (including phenoxy) is 1. The molecule has 3 aromatic carbocycles. The Labute approximate surface area is 179 Å². The predicted octanol–water partition coefficient (Wildman–Crippen LogP) is 2.93. The van der Waals surface area contributed by atoms with Gasteiger partial charge in [-0.05, 0) is 36.4 Å². The van der Waals surface area contributed by atoms with Crippen LogP contribution in [0.1, 0.15) is 26.3 Å². The number of benzene rings is 3. The lowest BCUT2D eigenvalue weighted by molar-refractivity contribution is -0.118. The first-order valence-corrected chi connectivity index (χ1v) is 9.45. The Morgan fingerprint density at radius 1 is 0.710 bits per heavy atom. The van der Waals surface area contributed by atoms with Gasteiger partial charge >= 0.3 is 0 Å². The van der Waals surface area contributed by atoms with Gasteiger partial charge < -0.3 is 10.1 Å². The summed E-state index contributed by atoms with van der Waals surface area (Å²) < 4.78 is 5.31. The average molecular weight is 415 g/mol. The highest BCUT2D eigenvalue weighted by atomic mass is 16.5. The number of carbonyl (C=O) groups excluding carboxylic acids is 3. The van der Waals surface area contributed by atoms with Crippen molar-refractivity contribution in [1.29, 1.82) is 0 Å². The molecule has 0 aliphatic carbocycles. The molecule has 0 fully saturated rings. The van der Waals surface area contributed by atoms with Gasteiger partial charge in [0.15, 0.2) is 0 Å². The van der Waals surface area contributed by atoms with Crippen LogP contribution in [0.2, 0.25) is 0 Å². The van der Waals surface area contributed by atoms with Crippen LogP contribution < -0.4 is 20.9 Å². The van der Waals surface area contributed by atoms with Crippen LogP contribution >= 0.6 is 0 Å². The highest BCUT2D eigenvalue weighted by Crippen LogP contribution is 2.20. The lowest BCUT2D eigenvalue weighted by Crippen LogP contribution is -2.45. The fourth-order valence-electron chi connectivity index (χ4n) is 2.73. The minimum atomic E-state index is -0.695. The van der Waals surface area contributed by atoms with Gasteiger partial charge in [-0.3, -0.25) is 25.2 Å². The highest BCUT2D eigenvalue weighted by molar-refractivity contribution is 6.06. The number of nitrogens with one attached hydrogen (secondary N) is 3. The van der Waals surface area contributed by atoms with Gasteiger partial charge in [-0.2, -0.15) is 0 Å². The van der Waals surface area contributed by atoms with Crippen molar-refractivity contribution in [2.45, 2.75) is 0 Å². The standard InChI is InChI=1S/C24H21N3O4/c1-31-21-15-9-8-14-19(21)16-20(25-22(28)17-10-4-2-5-11-17)24(30)27-26-23(29)18-12-6-3-7-13-18/h2-16H,1H3,(H,25,28)(H,26,29)(H,27,30)/b20-16+. The van der Waals surface area contributed by atoms with E-state index in [-0.39, 0.29) is 5.70 Å². The van der Waals surface area contributed by atoms with Crippen molar-refractivity contribution < 1.29 is 19.1 Å². The molecule has 0 saturated heterocycles. The molecule has 0 aliphatic heterocycles. The largest absolute Gasteiger partial charge is 0.496 e. The van der Waals surface area contributed by atoms with Crippen molar-refractivity contribution in [1.82, 2.24) is 16.2 Å². The molecular weight excluding hydrogens is 394 g/mol. The fourth-order valence-corrected chi connectivity index (χ4v) is 2.73. The lowest BCUT2D eigenvalue weighted by atomic mass is 10.1. The molecule has 7 nitrogen and oxygen atoms in total. The van der Waals surface area contributed by atoms with Gasteiger partial charge in [-0.1, -0.05) is 54.6 Å². The molecule has 0 spiro atoms. The Bertz CT molecular complexity index is 1100. The number of amides is 3. The van der Waals surface area contributed by atoms with Gasteiger partial charge in [-0.25, -0.2) is 0 Å². The minimum absolute atomic E-state index is 0.0632. The van der Waals surface area contributed by atoms with Crippen LogP contribution in [0.15, 0.2) is 90.6 Å². The molecule has 3 amide bonds. The van der Waals surface area contributed by atoms with Crippen molar-refractivity contribution in [3.63, 3.8) is 0 Å². The van der Waals surface area contributed by atoms with Crippen LogP contribution in [0.4, 0.5) is 0 Å². The van der Waals surface area contributed by atoms with Crippen LogP contribution in [0, 0.1) is 0 Å². The third-order valence-electron chi connectivity index (χ3n) is 4.29. The van der Waals surface area contributed by atoms with E-state index < -0.39 is 17.7 Å². The second kappa shape index (κ2) is 10.4. The van der Waals surface area contributed by atoms with Crippen molar-refractivity contribution in [3.8, 4) is 5.75 Å². The van der Waals surface area contributed by atoms with Crippen LogP contribution in [-0.2, 0) is 4.79 Å². The van der Waals surface area contributed by atoms with Crippen LogP contribution in [0.25, 0.3) is 6.08 Å². The number of rotatable bonds is 6.